The quantitative estimate of drug-likeness (QED) is 0.217. The van der Waals surface area contributed by atoms with Crippen LogP contribution in [-0.4, -0.2) is 29.1 Å². The fraction of sp³-hybridized carbons (Fsp3) is 0.400. The van der Waals surface area contributed by atoms with Gasteiger partial charge in [-0.05, 0) is 23.9 Å². The first-order valence-corrected chi connectivity index (χ1v) is 9.98. The molecule has 0 atom stereocenters. The van der Waals surface area contributed by atoms with Gasteiger partial charge in [-0.3, -0.25) is 4.99 Å². The Hall–Kier alpha value is -1.61. The van der Waals surface area contributed by atoms with Gasteiger partial charge in [-0.2, -0.15) is 0 Å². The molecule has 0 amide bonds. The molecule has 0 bridgehead atoms. The second kappa shape index (κ2) is 10.7. The number of benzene rings is 1. The summed E-state index contributed by atoms with van der Waals surface area (Å²) >= 11 is 1.72. The van der Waals surface area contributed by atoms with Crippen LogP contribution in [0, 0.1) is 0 Å². The van der Waals surface area contributed by atoms with Gasteiger partial charge < -0.3 is 15.2 Å². The van der Waals surface area contributed by atoms with E-state index in [0.717, 1.165) is 31.2 Å². The van der Waals surface area contributed by atoms with E-state index in [1.54, 1.807) is 18.4 Å². The van der Waals surface area contributed by atoms with E-state index in [9.17, 15) is 0 Å². The summed E-state index contributed by atoms with van der Waals surface area (Å²) in [6.45, 7) is 6.90. The molecule has 5 nitrogen and oxygen atoms in total. The Morgan fingerprint density at radius 2 is 2.04 bits per heavy atom. The van der Waals surface area contributed by atoms with E-state index < -0.39 is 0 Å². The van der Waals surface area contributed by atoms with Gasteiger partial charge in [-0.15, -0.1) is 35.3 Å². The fourth-order valence-electron chi connectivity index (χ4n) is 2.86. The lowest BCUT2D eigenvalue weighted by Crippen LogP contribution is -2.37. The molecule has 2 heterocycles. The highest BCUT2D eigenvalue weighted by Gasteiger charge is 2.06. The highest BCUT2D eigenvalue weighted by atomic mass is 127. The van der Waals surface area contributed by atoms with Crippen molar-refractivity contribution in [3.63, 3.8) is 0 Å². The molecule has 3 rings (SSSR count). The molecule has 0 unspecified atom stereocenters. The second-order valence-electron chi connectivity index (χ2n) is 6.61. The first kappa shape index (κ1) is 21.7. The van der Waals surface area contributed by atoms with Crippen LogP contribution in [0.25, 0.3) is 10.9 Å². The van der Waals surface area contributed by atoms with E-state index in [4.69, 9.17) is 0 Å². The number of para-hydroxylation sites is 1. The van der Waals surface area contributed by atoms with Crippen LogP contribution in [0.15, 0.2) is 46.9 Å². The van der Waals surface area contributed by atoms with Crippen LogP contribution in [0.1, 0.15) is 36.9 Å². The van der Waals surface area contributed by atoms with Gasteiger partial charge in [-0.25, -0.2) is 4.98 Å². The van der Waals surface area contributed by atoms with Gasteiger partial charge in [0.15, 0.2) is 5.96 Å². The molecule has 0 saturated heterocycles. The second-order valence-corrected chi connectivity index (χ2v) is 7.50. The number of nitrogens with one attached hydrogen (secondary N) is 2. The molecule has 0 radical (unpaired) electrons. The molecule has 0 aliphatic heterocycles. The Balaban J connectivity index is 0.00000261. The zero-order chi connectivity index (χ0) is 18.4. The van der Waals surface area contributed by atoms with Crippen LogP contribution in [-0.2, 0) is 13.1 Å². The number of halogens is 1. The number of rotatable bonds is 7. The lowest BCUT2D eigenvalue weighted by atomic mass is 10.2. The van der Waals surface area contributed by atoms with Crippen molar-refractivity contribution in [2.75, 3.05) is 13.6 Å². The van der Waals surface area contributed by atoms with Crippen molar-refractivity contribution in [3.05, 3.63) is 52.6 Å². The molecule has 146 valence electrons. The summed E-state index contributed by atoms with van der Waals surface area (Å²) in [6.07, 6.45) is 3.19. The maximum absolute atomic E-state index is 4.65. The Kier molecular flexibility index (Phi) is 8.56. The van der Waals surface area contributed by atoms with Gasteiger partial charge in [0, 0.05) is 43.1 Å². The van der Waals surface area contributed by atoms with Gasteiger partial charge in [0.1, 0.15) is 0 Å². The first-order chi connectivity index (χ1) is 12.7. The van der Waals surface area contributed by atoms with E-state index in [1.807, 2.05) is 0 Å². The summed E-state index contributed by atoms with van der Waals surface area (Å²) in [5.41, 5.74) is 2.36. The maximum atomic E-state index is 4.65. The highest BCUT2D eigenvalue weighted by Crippen LogP contribution is 2.19. The monoisotopic (exact) mass is 497 g/mol. The molecule has 7 heteroatoms. The van der Waals surface area contributed by atoms with Crippen molar-refractivity contribution in [2.24, 2.45) is 4.99 Å². The molecule has 1 aromatic carbocycles. The van der Waals surface area contributed by atoms with Crippen molar-refractivity contribution in [1.82, 2.24) is 20.2 Å². The lowest BCUT2D eigenvalue weighted by Gasteiger charge is -2.11. The number of guanidine groups is 1. The molecule has 2 N–H and O–H groups in total. The average Bonchev–Trinajstić information content (AvgIpc) is 3.28. The largest absolute Gasteiger partial charge is 0.356 e. The Morgan fingerprint density at radius 1 is 1.22 bits per heavy atom. The van der Waals surface area contributed by atoms with E-state index >= 15 is 0 Å². The minimum absolute atomic E-state index is 0. The summed E-state index contributed by atoms with van der Waals surface area (Å²) in [6, 6.07) is 10.7. The van der Waals surface area contributed by atoms with E-state index in [1.165, 1.54) is 15.9 Å². The first-order valence-electron chi connectivity index (χ1n) is 9.10. The smallest absolute Gasteiger partial charge is 0.191 e. The molecule has 0 aliphatic carbocycles. The molecule has 27 heavy (non-hydrogen) atoms. The number of fused-ring (bicyclic) bond motifs is 1. The standard InChI is InChI=1S/C20H27N5S.HI/c1-15(2)19-24-17(14-26-19)13-23-20(21-3)22-10-6-11-25-12-9-16-7-4-5-8-18(16)25;/h4-5,7-9,12,14-15H,6,10-11,13H2,1-3H3,(H2,21,22,23);1H. The van der Waals surface area contributed by atoms with Gasteiger partial charge in [0.25, 0.3) is 0 Å². The van der Waals surface area contributed by atoms with E-state index in [0.29, 0.717) is 12.5 Å². The number of thiazole rings is 1. The van der Waals surface area contributed by atoms with Crippen LogP contribution >= 0.6 is 35.3 Å². The van der Waals surface area contributed by atoms with Gasteiger partial charge in [-0.1, -0.05) is 32.0 Å². The van der Waals surface area contributed by atoms with Crippen molar-refractivity contribution in [3.8, 4) is 0 Å². The van der Waals surface area contributed by atoms with Gasteiger partial charge in [0.2, 0.25) is 0 Å². The zero-order valence-corrected chi connectivity index (χ0v) is 19.3. The third-order valence-corrected chi connectivity index (χ3v) is 5.47. The van der Waals surface area contributed by atoms with Crippen molar-refractivity contribution >= 4 is 52.2 Å². The van der Waals surface area contributed by atoms with Crippen LogP contribution in [0.3, 0.4) is 0 Å². The Morgan fingerprint density at radius 3 is 2.78 bits per heavy atom. The molecular weight excluding hydrogens is 469 g/mol. The van der Waals surface area contributed by atoms with E-state index in [2.05, 4.69) is 80.9 Å². The Labute approximate surface area is 182 Å². The number of aliphatic imine (C=N–C) groups is 1. The minimum atomic E-state index is 0. The molecule has 0 saturated carbocycles. The van der Waals surface area contributed by atoms with Crippen LogP contribution in [0.5, 0.6) is 0 Å². The lowest BCUT2D eigenvalue weighted by molar-refractivity contribution is 0.640. The van der Waals surface area contributed by atoms with E-state index in [-0.39, 0.29) is 24.0 Å². The summed E-state index contributed by atoms with van der Waals surface area (Å²) in [7, 11) is 1.80. The van der Waals surface area contributed by atoms with Crippen LogP contribution in [0.4, 0.5) is 0 Å². The third kappa shape index (κ3) is 5.93. The normalized spacial score (nSPS) is 11.6. The molecular formula is C20H28IN5S. The topological polar surface area (TPSA) is 54.2 Å². The molecule has 0 spiro atoms. The van der Waals surface area contributed by atoms with Crippen molar-refractivity contribution in [1.29, 1.82) is 0 Å². The van der Waals surface area contributed by atoms with Crippen LogP contribution < -0.4 is 10.6 Å². The summed E-state index contributed by atoms with van der Waals surface area (Å²) < 4.78 is 2.30. The summed E-state index contributed by atoms with van der Waals surface area (Å²) in [5, 5.41) is 11.3. The SMILES string of the molecule is CN=C(NCCCn1ccc2ccccc21)NCc1csc(C(C)C)n1.I. The summed E-state index contributed by atoms with van der Waals surface area (Å²) in [5.74, 6) is 1.30. The minimum Gasteiger partial charge on any atom is -0.356 e. The predicted molar refractivity (Wildman–Crippen MR) is 126 cm³/mol. The van der Waals surface area contributed by atoms with Crippen LogP contribution in [0.2, 0.25) is 0 Å². The molecule has 0 fully saturated rings. The van der Waals surface area contributed by atoms with Crippen molar-refractivity contribution in [2.45, 2.75) is 39.3 Å². The fourth-order valence-corrected chi connectivity index (χ4v) is 3.69. The molecule has 2 aromatic heterocycles. The number of hydrogen-bond donors (Lipinski definition) is 2. The predicted octanol–water partition coefficient (Wildman–Crippen LogP) is 4.59. The number of nitrogens with zero attached hydrogens (tertiary/aromatic N) is 3. The maximum Gasteiger partial charge on any atom is 0.191 e. The number of aromatic nitrogens is 2. The van der Waals surface area contributed by atoms with Crippen molar-refractivity contribution < 1.29 is 0 Å². The number of hydrogen-bond acceptors (Lipinski definition) is 3. The number of aryl methyl sites for hydroxylation is 1. The molecule has 3 aromatic rings. The zero-order valence-electron chi connectivity index (χ0n) is 16.1. The third-order valence-electron chi connectivity index (χ3n) is 4.27. The Bertz CT molecular complexity index is 868. The highest BCUT2D eigenvalue weighted by molar-refractivity contribution is 14.0. The van der Waals surface area contributed by atoms with Gasteiger partial charge in [0.05, 0.1) is 17.2 Å². The van der Waals surface area contributed by atoms with Gasteiger partial charge >= 0.3 is 0 Å². The average molecular weight is 497 g/mol. The summed E-state index contributed by atoms with van der Waals surface area (Å²) in [4.78, 5) is 8.94. The molecule has 0 aliphatic rings.